The van der Waals surface area contributed by atoms with E-state index in [1.165, 1.54) is 17.9 Å². The zero-order chi connectivity index (χ0) is 9.10. The van der Waals surface area contributed by atoms with Crippen molar-refractivity contribution in [1.82, 2.24) is 5.32 Å². The molecule has 1 aliphatic heterocycles. The van der Waals surface area contributed by atoms with Crippen molar-refractivity contribution in [3.8, 4) is 0 Å². The maximum absolute atomic E-state index is 5.66. The van der Waals surface area contributed by atoms with Gasteiger partial charge in [0.25, 0.3) is 0 Å². The second-order valence-corrected chi connectivity index (χ2v) is 4.67. The highest BCUT2D eigenvalue weighted by Crippen LogP contribution is 2.18. The van der Waals surface area contributed by atoms with E-state index >= 15 is 0 Å². The van der Waals surface area contributed by atoms with Gasteiger partial charge >= 0.3 is 0 Å². The summed E-state index contributed by atoms with van der Waals surface area (Å²) in [6.07, 6.45) is 1.26. The van der Waals surface area contributed by atoms with Crippen LogP contribution in [-0.4, -0.2) is 17.5 Å². The number of furan rings is 1. The molecule has 1 aromatic heterocycles. The minimum atomic E-state index is 0.470. The molecule has 1 aromatic rings. The van der Waals surface area contributed by atoms with E-state index in [0.29, 0.717) is 11.3 Å². The van der Waals surface area contributed by atoms with Crippen molar-refractivity contribution in [1.29, 1.82) is 0 Å². The summed E-state index contributed by atoms with van der Waals surface area (Å²) in [7, 11) is 0. The van der Waals surface area contributed by atoms with Crippen molar-refractivity contribution in [2.24, 2.45) is 0 Å². The first-order chi connectivity index (χ1) is 6.34. The molecule has 0 aromatic carbocycles. The topological polar surface area (TPSA) is 25.2 Å². The number of halogens is 1. The van der Waals surface area contributed by atoms with Gasteiger partial charge in [-0.25, -0.2) is 0 Å². The predicted molar refractivity (Wildman–Crippen MR) is 56.3 cm³/mol. The number of thioether (sulfide) groups is 1. The van der Waals surface area contributed by atoms with Crippen molar-refractivity contribution < 1.29 is 4.42 Å². The van der Waals surface area contributed by atoms with Crippen molar-refractivity contribution in [3.05, 3.63) is 23.1 Å². The Kier molecular flexibility index (Phi) is 3.19. The molecule has 13 heavy (non-hydrogen) atoms. The van der Waals surface area contributed by atoms with E-state index in [1.807, 2.05) is 17.8 Å². The zero-order valence-corrected chi connectivity index (χ0v) is 8.83. The molecule has 1 aliphatic rings. The summed E-state index contributed by atoms with van der Waals surface area (Å²) in [6.45, 7) is 0.790. The Hall–Kier alpha value is -0.120. The van der Waals surface area contributed by atoms with Gasteiger partial charge in [-0.15, -0.1) is 0 Å². The van der Waals surface area contributed by atoms with Crippen molar-refractivity contribution >= 4 is 23.4 Å². The standard InChI is InChI=1S/C9H12ClNOS/c10-9-2-1-8(12-9)5-11-7-3-4-13-6-7/h1-2,7,11H,3-6H2. The van der Waals surface area contributed by atoms with Crippen LogP contribution in [0.3, 0.4) is 0 Å². The third kappa shape index (κ3) is 2.66. The van der Waals surface area contributed by atoms with Gasteiger partial charge in [-0.1, -0.05) is 0 Å². The summed E-state index contributed by atoms with van der Waals surface area (Å²) in [6, 6.07) is 4.34. The zero-order valence-electron chi connectivity index (χ0n) is 7.25. The van der Waals surface area contributed by atoms with E-state index in [1.54, 1.807) is 6.07 Å². The summed E-state index contributed by atoms with van der Waals surface area (Å²) in [5, 5.41) is 3.91. The Morgan fingerprint density at radius 1 is 1.62 bits per heavy atom. The minimum absolute atomic E-state index is 0.470. The van der Waals surface area contributed by atoms with E-state index < -0.39 is 0 Å². The number of hydrogen-bond donors (Lipinski definition) is 1. The molecule has 1 saturated heterocycles. The van der Waals surface area contributed by atoms with E-state index in [4.69, 9.17) is 16.0 Å². The molecule has 4 heteroatoms. The largest absolute Gasteiger partial charge is 0.448 e. The smallest absolute Gasteiger partial charge is 0.193 e. The lowest BCUT2D eigenvalue weighted by atomic mass is 10.2. The Morgan fingerprint density at radius 3 is 3.15 bits per heavy atom. The van der Waals surface area contributed by atoms with E-state index in [2.05, 4.69) is 5.32 Å². The Bertz CT molecular complexity index is 270. The van der Waals surface area contributed by atoms with E-state index in [0.717, 1.165) is 12.3 Å². The highest BCUT2D eigenvalue weighted by molar-refractivity contribution is 7.99. The minimum Gasteiger partial charge on any atom is -0.448 e. The van der Waals surface area contributed by atoms with Gasteiger partial charge in [0.15, 0.2) is 5.22 Å². The van der Waals surface area contributed by atoms with Crippen molar-refractivity contribution in [2.75, 3.05) is 11.5 Å². The molecule has 0 aliphatic carbocycles. The number of hydrogen-bond acceptors (Lipinski definition) is 3. The van der Waals surface area contributed by atoms with Crippen LogP contribution in [0.2, 0.25) is 5.22 Å². The summed E-state index contributed by atoms with van der Waals surface area (Å²) < 4.78 is 5.24. The Morgan fingerprint density at radius 2 is 2.54 bits per heavy atom. The molecule has 2 heterocycles. The van der Waals surface area contributed by atoms with Gasteiger partial charge in [0, 0.05) is 11.8 Å². The van der Waals surface area contributed by atoms with Crippen LogP contribution in [0.5, 0.6) is 0 Å². The fourth-order valence-corrected chi connectivity index (χ4v) is 2.74. The maximum atomic E-state index is 5.66. The molecule has 72 valence electrons. The monoisotopic (exact) mass is 217 g/mol. The van der Waals surface area contributed by atoms with Gasteiger partial charge in [0.2, 0.25) is 0 Å². The third-order valence-corrected chi connectivity index (χ3v) is 3.49. The van der Waals surface area contributed by atoms with Crippen molar-refractivity contribution in [3.63, 3.8) is 0 Å². The first-order valence-electron chi connectivity index (χ1n) is 4.40. The van der Waals surface area contributed by atoms with E-state index in [-0.39, 0.29) is 0 Å². The lowest BCUT2D eigenvalue weighted by Gasteiger charge is -2.08. The summed E-state index contributed by atoms with van der Waals surface area (Å²) in [5.41, 5.74) is 0. The quantitative estimate of drug-likeness (QED) is 0.843. The normalized spacial score (nSPS) is 22.4. The lowest BCUT2D eigenvalue weighted by Crippen LogP contribution is -2.27. The molecule has 1 fully saturated rings. The van der Waals surface area contributed by atoms with Gasteiger partial charge < -0.3 is 9.73 Å². The molecular formula is C9H12ClNOS. The molecule has 0 saturated carbocycles. The molecular weight excluding hydrogens is 206 g/mol. The molecule has 2 nitrogen and oxygen atoms in total. The highest BCUT2D eigenvalue weighted by atomic mass is 35.5. The van der Waals surface area contributed by atoms with Crippen LogP contribution in [0.1, 0.15) is 12.2 Å². The Labute approximate surface area is 87.0 Å². The van der Waals surface area contributed by atoms with Crippen molar-refractivity contribution in [2.45, 2.75) is 19.0 Å². The number of rotatable bonds is 3. The first kappa shape index (κ1) is 9.44. The molecule has 1 N–H and O–H groups in total. The molecule has 1 atom stereocenters. The second-order valence-electron chi connectivity index (χ2n) is 3.15. The molecule has 0 amide bonds. The van der Waals surface area contributed by atoms with Crippen LogP contribution in [-0.2, 0) is 6.54 Å². The fraction of sp³-hybridized carbons (Fsp3) is 0.556. The van der Waals surface area contributed by atoms with Crippen LogP contribution in [0, 0.1) is 0 Å². The van der Waals surface area contributed by atoms with Gasteiger partial charge in [0.1, 0.15) is 5.76 Å². The molecule has 2 rings (SSSR count). The average Bonchev–Trinajstić information content (AvgIpc) is 2.71. The lowest BCUT2D eigenvalue weighted by molar-refractivity contribution is 0.459. The van der Waals surface area contributed by atoms with Crippen LogP contribution in [0.4, 0.5) is 0 Å². The molecule has 0 spiro atoms. The van der Waals surface area contributed by atoms with Crippen LogP contribution in [0.15, 0.2) is 16.5 Å². The van der Waals surface area contributed by atoms with Gasteiger partial charge in [-0.05, 0) is 35.9 Å². The SMILES string of the molecule is Clc1ccc(CNC2CCSC2)o1. The molecule has 1 unspecified atom stereocenters. The molecule has 0 bridgehead atoms. The van der Waals surface area contributed by atoms with E-state index in [9.17, 15) is 0 Å². The fourth-order valence-electron chi connectivity index (χ4n) is 1.39. The summed E-state index contributed by atoms with van der Waals surface area (Å²) in [5.74, 6) is 3.41. The number of nitrogens with one attached hydrogen (secondary N) is 1. The summed E-state index contributed by atoms with van der Waals surface area (Å²) >= 11 is 7.66. The van der Waals surface area contributed by atoms with Crippen LogP contribution >= 0.6 is 23.4 Å². The van der Waals surface area contributed by atoms with Gasteiger partial charge in [-0.2, -0.15) is 11.8 Å². The molecule has 0 radical (unpaired) electrons. The maximum Gasteiger partial charge on any atom is 0.193 e. The van der Waals surface area contributed by atoms with Crippen LogP contribution < -0.4 is 5.32 Å². The van der Waals surface area contributed by atoms with Gasteiger partial charge in [-0.3, -0.25) is 0 Å². The average molecular weight is 218 g/mol. The Balaban J connectivity index is 1.78. The van der Waals surface area contributed by atoms with Crippen LogP contribution in [0.25, 0.3) is 0 Å². The summed E-state index contributed by atoms with van der Waals surface area (Å²) in [4.78, 5) is 0. The highest BCUT2D eigenvalue weighted by Gasteiger charge is 2.14. The van der Waals surface area contributed by atoms with Gasteiger partial charge in [0.05, 0.1) is 6.54 Å². The predicted octanol–water partition coefficient (Wildman–Crippen LogP) is 2.53. The first-order valence-corrected chi connectivity index (χ1v) is 5.93. The third-order valence-electron chi connectivity index (χ3n) is 2.12. The second kappa shape index (κ2) is 4.40.